The number of aryl methyl sites for hydroxylation is 1. The lowest BCUT2D eigenvalue weighted by Crippen LogP contribution is -2.29. The van der Waals surface area contributed by atoms with Crippen molar-refractivity contribution in [3.8, 4) is 5.75 Å². The van der Waals surface area contributed by atoms with Crippen molar-refractivity contribution >= 4 is 11.6 Å². The Morgan fingerprint density at radius 3 is 2.67 bits per heavy atom. The molecule has 1 aliphatic rings. The maximum Gasteiger partial charge on any atom is 0.128 e. The summed E-state index contributed by atoms with van der Waals surface area (Å²) >= 11 is 5.97. The quantitative estimate of drug-likeness (QED) is 0.869. The number of alkyl halides is 1. The lowest BCUT2D eigenvalue weighted by molar-refractivity contribution is 0.0729. The fraction of sp³-hybridized carbons (Fsp3) is 0.333. The van der Waals surface area contributed by atoms with Gasteiger partial charge in [0.05, 0.1) is 6.61 Å². The second-order valence-corrected chi connectivity index (χ2v) is 5.79. The summed E-state index contributed by atoms with van der Waals surface area (Å²) in [6.45, 7) is 0.704. The van der Waals surface area contributed by atoms with Crippen LogP contribution >= 0.6 is 11.6 Å². The molecule has 2 nitrogen and oxygen atoms in total. The molecule has 1 atom stereocenters. The van der Waals surface area contributed by atoms with Gasteiger partial charge in [-0.2, -0.15) is 0 Å². The fourth-order valence-electron chi connectivity index (χ4n) is 3.00. The van der Waals surface area contributed by atoms with E-state index in [0.29, 0.717) is 18.9 Å². The van der Waals surface area contributed by atoms with Crippen LogP contribution in [0.3, 0.4) is 0 Å². The number of ether oxygens (including phenoxy) is 1. The molecule has 0 radical (unpaired) electrons. The Bertz CT molecular complexity index is 612. The molecule has 1 unspecified atom stereocenters. The molecule has 110 valence electrons. The van der Waals surface area contributed by atoms with Crippen molar-refractivity contribution in [2.75, 3.05) is 12.5 Å². The van der Waals surface area contributed by atoms with Crippen molar-refractivity contribution in [1.82, 2.24) is 0 Å². The standard InChI is InChI=1S/C18H19ClO2/c19-12-11-18(20,15-8-2-1-3-9-15)16-10-4-6-14-7-5-13-21-17(14)16/h1-4,6,8-10,20H,5,7,11-13H2. The zero-order valence-electron chi connectivity index (χ0n) is 11.9. The second-order valence-electron chi connectivity index (χ2n) is 5.41. The van der Waals surface area contributed by atoms with E-state index in [9.17, 15) is 5.11 Å². The van der Waals surface area contributed by atoms with Gasteiger partial charge in [-0.25, -0.2) is 0 Å². The van der Waals surface area contributed by atoms with Crippen LogP contribution in [-0.2, 0) is 12.0 Å². The summed E-state index contributed by atoms with van der Waals surface area (Å²) in [4.78, 5) is 0. The molecule has 3 heteroatoms. The molecule has 1 aliphatic heterocycles. The molecule has 0 aliphatic carbocycles. The lowest BCUT2D eigenvalue weighted by Gasteiger charge is -2.32. The van der Waals surface area contributed by atoms with Crippen molar-refractivity contribution in [2.24, 2.45) is 0 Å². The average Bonchev–Trinajstić information content (AvgIpc) is 2.55. The highest BCUT2D eigenvalue weighted by atomic mass is 35.5. The predicted molar refractivity (Wildman–Crippen MR) is 85.0 cm³/mol. The van der Waals surface area contributed by atoms with Gasteiger partial charge in [-0.1, -0.05) is 48.5 Å². The molecular formula is C18H19ClO2. The van der Waals surface area contributed by atoms with E-state index >= 15 is 0 Å². The van der Waals surface area contributed by atoms with Gasteiger partial charge in [0.25, 0.3) is 0 Å². The van der Waals surface area contributed by atoms with Gasteiger partial charge in [-0.05, 0) is 30.4 Å². The SMILES string of the molecule is OC(CCCl)(c1ccccc1)c1cccc2c1OCCC2. The highest BCUT2D eigenvalue weighted by Gasteiger charge is 2.35. The third-order valence-corrected chi connectivity index (χ3v) is 4.28. The molecular weight excluding hydrogens is 284 g/mol. The number of halogens is 1. The molecule has 2 aromatic carbocycles. The van der Waals surface area contributed by atoms with E-state index in [1.54, 1.807) is 0 Å². The smallest absolute Gasteiger partial charge is 0.128 e. The summed E-state index contributed by atoms with van der Waals surface area (Å²) < 4.78 is 5.87. The molecule has 1 heterocycles. The van der Waals surface area contributed by atoms with Gasteiger partial charge < -0.3 is 9.84 Å². The van der Waals surface area contributed by atoms with Crippen LogP contribution in [0.5, 0.6) is 5.75 Å². The molecule has 2 aromatic rings. The number of rotatable bonds is 4. The normalized spacial score (nSPS) is 16.7. The summed E-state index contributed by atoms with van der Waals surface area (Å²) in [7, 11) is 0. The van der Waals surface area contributed by atoms with Crippen molar-refractivity contribution in [3.63, 3.8) is 0 Å². The Balaban J connectivity index is 2.14. The first-order valence-corrected chi connectivity index (χ1v) is 7.88. The Labute approximate surface area is 130 Å². The number of aliphatic hydroxyl groups is 1. The average molecular weight is 303 g/mol. The molecule has 0 aromatic heterocycles. The van der Waals surface area contributed by atoms with Gasteiger partial charge in [-0.15, -0.1) is 11.6 Å². The maximum atomic E-state index is 11.3. The molecule has 1 N–H and O–H groups in total. The predicted octanol–water partition coefficient (Wildman–Crippen LogP) is 3.88. The minimum Gasteiger partial charge on any atom is -0.493 e. The van der Waals surface area contributed by atoms with E-state index < -0.39 is 5.60 Å². The Morgan fingerprint density at radius 1 is 1.10 bits per heavy atom. The monoisotopic (exact) mass is 302 g/mol. The second kappa shape index (κ2) is 6.08. The maximum absolute atomic E-state index is 11.3. The van der Waals surface area contributed by atoms with Gasteiger partial charge in [0.2, 0.25) is 0 Å². The molecule has 0 saturated heterocycles. The molecule has 0 fully saturated rings. The van der Waals surface area contributed by atoms with Crippen molar-refractivity contribution in [2.45, 2.75) is 24.9 Å². The number of para-hydroxylation sites is 1. The van der Waals surface area contributed by atoms with Crippen molar-refractivity contribution in [3.05, 3.63) is 65.2 Å². The van der Waals surface area contributed by atoms with Crippen LogP contribution in [0.25, 0.3) is 0 Å². The number of hydrogen-bond acceptors (Lipinski definition) is 2. The Kier molecular flexibility index (Phi) is 4.18. The van der Waals surface area contributed by atoms with Crippen LogP contribution in [0, 0.1) is 0 Å². The first-order chi connectivity index (χ1) is 10.3. The summed E-state index contributed by atoms with van der Waals surface area (Å²) in [5.74, 6) is 1.22. The molecule has 0 bridgehead atoms. The fourth-order valence-corrected chi connectivity index (χ4v) is 3.27. The van der Waals surface area contributed by atoms with E-state index in [-0.39, 0.29) is 0 Å². The molecule has 21 heavy (non-hydrogen) atoms. The van der Waals surface area contributed by atoms with Crippen molar-refractivity contribution in [1.29, 1.82) is 0 Å². The third-order valence-electron chi connectivity index (χ3n) is 4.09. The number of fused-ring (bicyclic) bond motifs is 1. The zero-order chi connectivity index (χ0) is 14.7. The molecule has 0 amide bonds. The summed E-state index contributed by atoms with van der Waals surface area (Å²) in [6.07, 6.45) is 2.48. The summed E-state index contributed by atoms with van der Waals surface area (Å²) in [6, 6.07) is 15.7. The van der Waals surface area contributed by atoms with Crippen LogP contribution in [0.15, 0.2) is 48.5 Å². The minimum atomic E-state index is -1.11. The first kappa shape index (κ1) is 14.4. The van der Waals surface area contributed by atoms with Gasteiger partial charge in [0.1, 0.15) is 11.4 Å². The summed E-state index contributed by atoms with van der Waals surface area (Å²) in [5, 5.41) is 11.3. The van der Waals surface area contributed by atoms with Gasteiger partial charge in [0, 0.05) is 11.4 Å². The van der Waals surface area contributed by atoms with Crippen molar-refractivity contribution < 1.29 is 9.84 Å². The van der Waals surface area contributed by atoms with E-state index in [1.807, 2.05) is 42.5 Å². The highest BCUT2D eigenvalue weighted by Crippen LogP contribution is 2.41. The molecule has 0 saturated carbocycles. The third kappa shape index (κ3) is 2.66. The minimum absolute atomic E-state index is 0.384. The number of benzene rings is 2. The Hall–Kier alpha value is -1.51. The largest absolute Gasteiger partial charge is 0.493 e. The summed E-state index contributed by atoms with van der Waals surface area (Å²) in [5.41, 5.74) is 1.74. The van der Waals surface area contributed by atoms with Crippen LogP contribution in [-0.4, -0.2) is 17.6 Å². The highest BCUT2D eigenvalue weighted by molar-refractivity contribution is 6.17. The molecule has 3 rings (SSSR count). The van der Waals surface area contributed by atoms with E-state index in [1.165, 1.54) is 5.56 Å². The van der Waals surface area contributed by atoms with Crippen LogP contribution in [0.1, 0.15) is 29.5 Å². The molecule has 0 spiro atoms. The Morgan fingerprint density at radius 2 is 1.90 bits per heavy atom. The van der Waals surface area contributed by atoms with Gasteiger partial charge in [0.15, 0.2) is 0 Å². The van der Waals surface area contributed by atoms with E-state index in [0.717, 1.165) is 29.7 Å². The van der Waals surface area contributed by atoms with E-state index in [4.69, 9.17) is 16.3 Å². The van der Waals surface area contributed by atoms with Gasteiger partial charge in [-0.3, -0.25) is 0 Å². The zero-order valence-corrected chi connectivity index (χ0v) is 12.6. The first-order valence-electron chi connectivity index (χ1n) is 7.35. The van der Waals surface area contributed by atoms with Crippen LogP contribution in [0.4, 0.5) is 0 Å². The van der Waals surface area contributed by atoms with E-state index in [2.05, 4.69) is 6.07 Å². The van der Waals surface area contributed by atoms with Crippen LogP contribution < -0.4 is 4.74 Å². The number of hydrogen-bond donors (Lipinski definition) is 1. The lowest BCUT2D eigenvalue weighted by atomic mass is 9.82. The van der Waals surface area contributed by atoms with Crippen LogP contribution in [0.2, 0.25) is 0 Å². The van der Waals surface area contributed by atoms with Gasteiger partial charge >= 0.3 is 0 Å². The topological polar surface area (TPSA) is 29.5 Å².